The maximum atomic E-state index is 9.42. The van der Waals surface area contributed by atoms with Gasteiger partial charge in [-0.15, -0.1) is 0 Å². The van der Waals surface area contributed by atoms with Crippen molar-refractivity contribution in [1.82, 2.24) is 9.55 Å². The van der Waals surface area contributed by atoms with Crippen molar-refractivity contribution in [1.29, 1.82) is 0 Å². The molecule has 0 aromatic carbocycles. The van der Waals surface area contributed by atoms with E-state index < -0.39 is 18.2 Å². The zero-order chi connectivity index (χ0) is 8.72. The molecule has 5 nitrogen and oxygen atoms in total. The third-order valence-electron chi connectivity index (χ3n) is 2.26. The molecule has 0 aliphatic carbocycles. The lowest BCUT2D eigenvalue weighted by molar-refractivity contribution is -0.00109. The molecule has 0 saturated heterocycles. The third-order valence-corrected chi connectivity index (χ3v) is 2.26. The molecule has 0 radical (unpaired) electrons. The van der Waals surface area contributed by atoms with Gasteiger partial charge in [-0.1, -0.05) is 0 Å². The van der Waals surface area contributed by atoms with Crippen LogP contribution in [0.15, 0.2) is 12.5 Å². The molecular weight excluding hydrogens is 160 g/mol. The van der Waals surface area contributed by atoms with Gasteiger partial charge in [0.25, 0.3) is 0 Å². The van der Waals surface area contributed by atoms with Gasteiger partial charge in [0.1, 0.15) is 12.2 Å². The highest BCUT2D eigenvalue weighted by Crippen LogP contribution is 2.33. The molecule has 12 heavy (non-hydrogen) atoms. The van der Waals surface area contributed by atoms with Gasteiger partial charge in [0.05, 0.1) is 30.9 Å². The first-order valence-electron chi connectivity index (χ1n) is 3.74. The van der Waals surface area contributed by atoms with Crippen LogP contribution in [0.5, 0.6) is 0 Å². The van der Waals surface area contributed by atoms with Crippen LogP contribution >= 0.6 is 0 Å². The maximum absolute atomic E-state index is 9.42. The summed E-state index contributed by atoms with van der Waals surface area (Å²) in [6, 6.07) is -0.461. The van der Waals surface area contributed by atoms with E-state index in [4.69, 9.17) is 5.11 Å². The van der Waals surface area contributed by atoms with Crippen LogP contribution in [-0.4, -0.2) is 37.6 Å². The minimum Gasteiger partial charge on any atom is -0.394 e. The fourth-order valence-corrected chi connectivity index (χ4v) is 1.57. The van der Waals surface area contributed by atoms with Crippen LogP contribution in [0.3, 0.4) is 0 Å². The number of fused-ring (bicyclic) bond motifs is 1. The monoisotopic (exact) mass is 170 g/mol. The Morgan fingerprint density at radius 1 is 1.50 bits per heavy atom. The van der Waals surface area contributed by atoms with Crippen molar-refractivity contribution < 1.29 is 15.3 Å². The third kappa shape index (κ3) is 0.811. The topological polar surface area (TPSA) is 78.5 Å². The summed E-state index contributed by atoms with van der Waals surface area (Å²) in [6.07, 6.45) is 1.14. The van der Waals surface area contributed by atoms with E-state index in [1.54, 1.807) is 4.57 Å². The molecular formula is C7H10N2O3. The number of aliphatic hydroxyl groups excluding tert-OH is 3. The van der Waals surface area contributed by atoms with Gasteiger partial charge in [0, 0.05) is 0 Å². The van der Waals surface area contributed by atoms with E-state index in [1.165, 1.54) is 12.5 Å². The lowest BCUT2D eigenvalue weighted by Crippen LogP contribution is -2.23. The van der Waals surface area contributed by atoms with Gasteiger partial charge >= 0.3 is 0 Å². The zero-order valence-corrected chi connectivity index (χ0v) is 6.33. The fourth-order valence-electron chi connectivity index (χ4n) is 1.57. The molecule has 1 aliphatic heterocycles. The van der Waals surface area contributed by atoms with E-state index in [0.717, 1.165) is 0 Å². The van der Waals surface area contributed by atoms with Crippen LogP contribution in [0.25, 0.3) is 0 Å². The van der Waals surface area contributed by atoms with E-state index in [-0.39, 0.29) is 6.61 Å². The van der Waals surface area contributed by atoms with Gasteiger partial charge in [-0.2, -0.15) is 0 Å². The van der Waals surface area contributed by atoms with Crippen LogP contribution in [0, 0.1) is 0 Å². The summed E-state index contributed by atoms with van der Waals surface area (Å²) >= 11 is 0. The van der Waals surface area contributed by atoms with Gasteiger partial charge in [-0.3, -0.25) is 0 Å². The average molecular weight is 170 g/mol. The summed E-state index contributed by atoms with van der Waals surface area (Å²) in [5.74, 6) is 0. The second kappa shape index (κ2) is 2.55. The smallest absolute Gasteiger partial charge is 0.123 e. The first kappa shape index (κ1) is 7.72. The minimum atomic E-state index is -0.926. The summed E-state index contributed by atoms with van der Waals surface area (Å²) < 4.78 is 1.59. The van der Waals surface area contributed by atoms with Crippen LogP contribution < -0.4 is 0 Å². The van der Waals surface area contributed by atoms with Gasteiger partial charge in [-0.25, -0.2) is 4.98 Å². The Balaban J connectivity index is 2.42. The summed E-state index contributed by atoms with van der Waals surface area (Å²) in [5, 5.41) is 27.7. The molecule has 0 saturated carbocycles. The zero-order valence-electron chi connectivity index (χ0n) is 6.33. The molecule has 0 unspecified atom stereocenters. The molecule has 66 valence electrons. The summed E-state index contributed by atoms with van der Waals surface area (Å²) in [4.78, 5) is 3.81. The van der Waals surface area contributed by atoms with E-state index in [9.17, 15) is 10.2 Å². The molecule has 3 atom stereocenters. The fraction of sp³-hybridized carbons (Fsp3) is 0.571. The summed E-state index contributed by atoms with van der Waals surface area (Å²) in [6.45, 7) is -0.193. The lowest BCUT2D eigenvalue weighted by Gasteiger charge is -2.14. The molecule has 2 heterocycles. The van der Waals surface area contributed by atoms with Crippen molar-refractivity contribution in [3.05, 3.63) is 18.2 Å². The van der Waals surface area contributed by atoms with Crippen LogP contribution in [0.1, 0.15) is 17.8 Å². The van der Waals surface area contributed by atoms with Crippen molar-refractivity contribution in [3.8, 4) is 0 Å². The number of hydrogen-bond donors (Lipinski definition) is 3. The SMILES string of the molecule is OC[C@@H]1[C@@H](O)[C@@H](O)c2cncn21. The van der Waals surface area contributed by atoms with Crippen molar-refractivity contribution in [2.45, 2.75) is 18.2 Å². The van der Waals surface area contributed by atoms with Crippen LogP contribution in [0.2, 0.25) is 0 Å². The Labute approximate surface area is 68.9 Å². The van der Waals surface area contributed by atoms with E-state index >= 15 is 0 Å². The molecule has 0 amide bonds. The molecule has 0 spiro atoms. The Hall–Kier alpha value is -0.910. The Morgan fingerprint density at radius 2 is 2.25 bits per heavy atom. The highest BCUT2D eigenvalue weighted by molar-refractivity contribution is 5.13. The molecule has 1 aromatic heterocycles. The quantitative estimate of drug-likeness (QED) is 0.496. The van der Waals surface area contributed by atoms with Gasteiger partial charge in [0.15, 0.2) is 0 Å². The predicted molar refractivity (Wildman–Crippen MR) is 39.3 cm³/mol. The molecule has 2 rings (SSSR count). The molecule has 0 fully saturated rings. The van der Waals surface area contributed by atoms with E-state index in [0.29, 0.717) is 5.69 Å². The molecule has 3 N–H and O–H groups in total. The second-order valence-electron chi connectivity index (χ2n) is 2.91. The number of aliphatic hydroxyl groups is 3. The van der Waals surface area contributed by atoms with Crippen molar-refractivity contribution in [2.75, 3.05) is 6.61 Å². The van der Waals surface area contributed by atoms with Gasteiger partial charge < -0.3 is 19.9 Å². The van der Waals surface area contributed by atoms with E-state index in [2.05, 4.69) is 4.98 Å². The second-order valence-corrected chi connectivity index (χ2v) is 2.91. The van der Waals surface area contributed by atoms with Crippen molar-refractivity contribution >= 4 is 0 Å². The standard InChI is InChI=1S/C7H10N2O3/c10-2-5-7(12)6(11)4-1-8-3-9(4)5/h1,3,5-7,10-12H,2H2/t5-,6+,7-/m1/s1. The predicted octanol–water partition coefficient (Wildman–Crippen LogP) is -1.18. The first-order chi connectivity index (χ1) is 5.75. The maximum Gasteiger partial charge on any atom is 0.123 e. The molecule has 0 bridgehead atoms. The Morgan fingerprint density at radius 3 is 2.92 bits per heavy atom. The molecule has 5 heteroatoms. The number of aromatic nitrogens is 2. The molecule has 1 aliphatic rings. The number of nitrogens with zero attached hydrogens (tertiary/aromatic N) is 2. The van der Waals surface area contributed by atoms with E-state index in [1.807, 2.05) is 0 Å². The largest absolute Gasteiger partial charge is 0.394 e. The Bertz CT molecular complexity index is 286. The molecule has 1 aromatic rings. The lowest BCUT2D eigenvalue weighted by atomic mass is 10.1. The number of hydrogen-bond acceptors (Lipinski definition) is 4. The minimum absolute atomic E-state index is 0.193. The van der Waals surface area contributed by atoms with Crippen molar-refractivity contribution in [2.24, 2.45) is 0 Å². The highest BCUT2D eigenvalue weighted by atomic mass is 16.3. The summed E-state index contributed by atoms with van der Waals surface area (Å²) in [5.41, 5.74) is 0.557. The Kier molecular flexibility index (Phi) is 1.64. The number of rotatable bonds is 1. The summed E-state index contributed by atoms with van der Waals surface area (Å²) in [7, 11) is 0. The first-order valence-corrected chi connectivity index (χ1v) is 3.74. The van der Waals surface area contributed by atoms with Crippen LogP contribution in [0.4, 0.5) is 0 Å². The number of imidazole rings is 1. The van der Waals surface area contributed by atoms with Crippen LogP contribution in [-0.2, 0) is 0 Å². The van der Waals surface area contributed by atoms with Gasteiger partial charge in [0.2, 0.25) is 0 Å². The highest BCUT2D eigenvalue weighted by Gasteiger charge is 2.38. The van der Waals surface area contributed by atoms with Gasteiger partial charge in [-0.05, 0) is 0 Å². The van der Waals surface area contributed by atoms with Crippen molar-refractivity contribution in [3.63, 3.8) is 0 Å². The normalized spacial score (nSPS) is 33.8. The average Bonchev–Trinajstić information content (AvgIpc) is 2.59.